The summed E-state index contributed by atoms with van der Waals surface area (Å²) in [5.41, 5.74) is 2.39. The number of hydrogen-bond acceptors (Lipinski definition) is 8. The van der Waals surface area contributed by atoms with E-state index >= 15 is 0 Å². The molecule has 4 rings (SSSR count). The van der Waals surface area contributed by atoms with Gasteiger partial charge in [-0.25, -0.2) is 15.0 Å². The number of rotatable bonds is 4. The van der Waals surface area contributed by atoms with Crippen molar-refractivity contribution < 1.29 is 14.6 Å². The van der Waals surface area contributed by atoms with Crippen molar-refractivity contribution in [3.05, 3.63) is 53.1 Å². The van der Waals surface area contributed by atoms with Crippen molar-refractivity contribution in [2.24, 2.45) is 0 Å². The van der Waals surface area contributed by atoms with Gasteiger partial charge in [0.15, 0.2) is 11.4 Å². The van der Waals surface area contributed by atoms with Gasteiger partial charge in [-0.1, -0.05) is 0 Å². The molecule has 1 aliphatic rings. The van der Waals surface area contributed by atoms with Crippen LogP contribution >= 0.6 is 0 Å². The molecule has 9 heteroatoms. The molecule has 1 saturated heterocycles. The van der Waals surface area contributed by atoms with E-state index in [0.29, 0.717) is 29.8 Å². The molecule has 0 radical (unpaired) electrons. The molecular formula is C21H20N6O3. The maximum Gasteiger partial charge on any atom is 0.274 e. The minimum Gasteiger partial charge on any atom is -0.505 e. The van der Waals surface area contributed by atoms with Crippen LogP contribution in [-0.4, -0.2) is 52.3 Å². The molecule has 0 atom stereocenters. The molecule has 0 bridgehead atoms. The first-order valence-corrected chi connectivity index (χ1v) is 9.52. The summed E-state index contributed by atoms with van der Waals surface area (Å²) < 4.78 is 5.36. The molecular weight excluding hydrogens is 384 g/mol. The SMILES string of the molecule is Cc1cc(C#N)ncc1CNC(=O)c1ncc2nc(N3CCOCC3)ccc2c1O. The number of aryl methyl sites for hydroxylation is 1. The largest absolute Gasteiger partial charge is 0.505 e. The summed E-state index contributed by atoms with van der Waals surface area (Å²) in [5, 5.41) is 22.7. The molecule has 0 aliphatic carbocycles. The van der Waals surface area contributed by atoms with Crippen LogP contribution in [0.5, 0.6) is 5.75 Å². The first-order valence-electron chi connectivity index (χ1n) is 9.52. The average molecular weight is 404 g/mol. The molecule has 30 heavy (non-hydrogen) atoms. The van der Waals surface area contributed by atoms with Gasteiger partial charge in [-0.2, -0.15) is 5.26 Å². The van der Waals surface area contributed by atoms with Crippen molar-refractivity contribution in [2.75, 3.05) is 31.2 Å². The van der Waals surface area contributed by atoms with Gasteiger partial charge in [0.25, 0.3) is 5.91 Å². The van der Waals surface area contributed by atoms with E-state index in [0.717, 1.165) is 30.0 Å². The second kappa shape index (κ2) is 8.31. The summed E-state index contributed by atoms with van der Waals surface area (Å²) in [7, 11) is 0. The summed E-state index contributed by atoms with van der Waals surface area (Å²) in [6.07, 6.45) is 3.04. The summed E-state index contributed by atoms with van der Waals surface area (Å²) in [6.45, 7) is 4.85. The summed E-state index contributed by atoms with van der Waals surface area (Å²) in [4.78, 5) is 27.4. The van der Waals surface area contributed by atoms with Gasteiger partial charge in [0.1, 0.15) is 17.6 Å². The topological polar surface area (TPSA) is 124 Å². The fourth-order valence-electron chi connectivity index (χ4n) is 3.30. The predicted molar refractivity (Wildman–Crippen MR) is 109 cm³/mol. The van der Waals surface area contributed by atoms with Crippen molar-refractivity contribution >= 4 is 22.6 Å². The van der Waals surface area contributed by atoms with Crippen LogP contribution in [0.4, 0.5) is 5.82 Å². The zero-order valence-corrected chi connectivity index (χ0v) is 16.4. The number of nitriles is 1. The van der Waals surface area contributed by atoms with Gasteiger partial charge in [0, 0.05) is 31.2 Å². The lowest BCUT2D eigenvalue weighted by Crippen LogP contribution is -2.36. The fraction of sp³-hybridized carbons (Fsp3) is 0.286. The predicted octanol–water partition coefficient (Wildman–Crippen LogP) is 1.68. The van der Waals surface area contributed by atoms with Crippen LogP contribution in [0.15, 0.2) is 30.6 Å². The van der Waals surface area contributed by atoms with E-state index in [1.54, 1.807) is 18.3 Å². The number of fused-ring (bicyclic) bond motifs is 1. The molecule has 1 fully saturated rings. The number of amides is 1. The Balaban J connectivity index is 1.53. The van der Waals surface area contributed by atoms with E-state index in [4.69, 9.17) is 10.00 Å². The number of carbonyl (C=O) groups excluding carboxylic acids is 1. The number of pyridine rings is 3. The summed E-state index contributed by atoms with van der Waals surface area (Å²) >= 11 is 0. The Kier molecular flexibility index (Phi) is 5.41. The maximum absolute atomic E-state index is 12.6. The highest BCUT2D eigenvalue weighted by atomic mass is 16.5. The van der Waals surface area contributed by atoms with E-state index < -0.39 is 5.91 Å². The molecule has 0 saturated carbocycles. The monoisotopic (exact) mass is 404 g/mol. The third kappa shape index (κ3) is 3.86. The van der Waals surface area contributed by atoms with Crippen molar-refractivity contribution in [3.8, 4) is 11.8 Å². The molecule has 0 unspecified atom stereocenters. The third-order valence-electron chi connectivity index (χ3n) is 5.03. The lowest BCUT2D eigenvalue weighted by atomic mass is 10.1. The van der Waals surface area contributed by atoms with Crippen molar-refractivity contribution in [2.45, 2.75) is 13.5 Å². The highest BCUT2D eigenvalue weighted by Crippen LogP contribution is 2.28. The molecule has 1 amide bonds. The Morgan fingerprint density at radius 2 is 2.10 bits per heavy atom. The summed E-state index contributed by atoms with van der Waals surface area (Å²) in [5.74, 6) is 0.0733. The maximum atomic E-state index is 12.6. The Morgan fingerprint density at radius 3 is 2.83 bits per heavy atom. The number of carbonyl (C=O) groups is 1. The van der Waals surface area contributed by atoms with Crippen LogP contribution < -0.4 is 10.2 Å². The molecule has 0 aromatic carbocycles. The normalized spacial score (nSPS) is 13.8. The molecule has 3 aromatic heterocycles. The van der Waals surface area contributed by atoms with Gasteiger partial charge < -0.3 is 20.1 Å². The number of aromatic hydroxyl groups is 1. The number of aromatic nitrogens is 3. The highest BCUT2D eigenvalue weighted by molar-refractivity contribution is 6.00. The molecule has 9 nitrogen and oxygen atoms in total. The van der Waals surface area contributed by atoms with Crippen molar-refractivity contribution in [1.82, 2.24) is 20.3 Å². The van der Waals surface area contributed by atoms with Crippen LogP contribution in [-0.2, 0) is 11.3 Å². The first kappa shape index (κ1) is 19.5. The van der Waals surface area contributed by atoms with Crippen LogP contribution in [0.3, 0.4) is 0 Å². The number of nitrogens with zero attached hydrogens (tertiary/aromatic N) is 5. The first-order chi connectivity index (χ1) is 14.6. The molecule has 3 aromatic rings. The number of nitrogens with one attached hydrogen (secondary N) is 1. The number of anilines is 1. The van der Waals surface area contributed by atoms with Gasteiger partial charge in [-0.15, -0.1) is 0 Å². The van der Waals surface area contributed by atoms with Crippen LogP contribution in [0.1, 0.15) is 27.3 Å². The second-order valence-electron chi connectivity index (χ2n) is 6.95. The smallest absolute Gasteiger partial charge is 0.274 e. The quantitative estimate of drug-likeness (QED) is 0.673. The Morgan fingerprint density at radius 1 is 1.30 bits per heavy atom. The van der Waals surface area contributed by atoms with Crippen LogP contribution in [0.25, 0.3) is 10.9 Å². The van der Waals surface area contributed by atoms with Gasteiger partial charge in [-0.3, -0.25) is 4.79 Å². The van der Waals surface area contributed by atoms with Crippen LogP contribution in [0, 0.1) is 18.3 Å². The molecule has 4 heterocycles. The van der Waals surface area contributed by atoms with Crippen LogP contribution in [0.2, 0.25) is 0 Å². The second-order valence-corrected chi connectivity index (χ2v) is 6.95. The van der Waals surface area contributed by atoms with Crippen molar-refractivity contribution in [3.63, 3.8) is 0 Å². The number of ether oxygens (including phenoxy) is 1. The lowest BCUT2D eigenvalue weighted by Gasteiger charge is -2.27. The van der Waals surface area contributed by atoms with E-state index in [9.17, 15) is 9.90 Å². The molecule has 0 spiro atoms. The highest BCUT2D eigenvalue weighted by Gasteiger charge is 2.18. The zero-order valence-electron chi connectivity index (χ0n) is 16.4. The van der Waals surface area contributed by atoms with Gasteiger partial charge in [-0.05, 0) is 36.2 Å². The molecule has 2 N–H and O–H groups in total. The zero-order chi connectivity index (χ0) is 21.1. The van der Waals surface area contributed by atoms with E-state index in [1.165, 1.54) is 6.20 Å². The number of morpholine rings is 1. The lowest BCUT2D eigenvalue weighted by molar-refractivity contribution is 0.0943. The van der Waals surface area contributed by atoms with E-state index in [2.05, 4.69) is 25.2 Å². The standard InChI is InChI=1S/C21H20N6O3/c1-13-8-15(9-22)23-10-14(13)11-25-21(29)19-20(28)16-2-3-18(26-17(16)12-24-19)27-4-6-30-7-5-27/h2-3,8,10,12,28H,4-7,11H2,1H3,(H,25,29). The van der Waals surface area contributed by atoms with Gasteiger partial charge in [0.05, 0.1) is 24.9 Å². The Labute approximate surface area is 173 Å². The number of hydrogen-bond donors (Lipinski definition) is 2. The average Bonchev–Trinajstić information content (AvgIpc) is 2.78. The fourth-order valence-corrected chi connectivity index (χ4v) is 3.30. The van der Waals surface area contributed by atoms with Crippen molar-refractivity contribution in [1.29, 1.82) is 5.26 Å². The van der Waals surface area contributed by atoms with Gasteiger partial charge >= 0.3 is 0 Å². The molecule has 1 aliphatic heterocycles. The minimum atomic E-state index is -0.504. The minimum absolute atomic E-state index is 0.0670. The van der Waals surface area contributed by atoms with Gasteiger partial charge in [0.2, 0.25) is 0 Å². The summed E-state index contributed by atoms with van der Waals surface area (Å²) in [6, 6.07) is 7.20. The van der Waals surface area contributed by atoms with E-state index in [-0.39, 0.29) is 18.0 Å². The molecule has 152 valence electrons. The van der Waals surface area contributed by atoms with E-state index in [1.807, 2.05) is 19.1 Å². The Bertz CT molecular complexity index is 1150. The third-order valence-corrected chi connectivity index (χ3v) is 5.03. The Hall–Kier alpha value is -3.77.